The third-order valence-corrected chi connectivity index (χ3v) is 5.25. The Labute approximate surface area is 183 Å². The minimum absolute atomic E-state index is 0.673. The Bertz CT molecular complexity index is 882. The van der Waals surface area contributed by atoms with Crippen LogP contribution in [0.15, 0.2) is 91.0 Å². The van der Waals surface area contributed by atoms with Gasteiger partial charge >= 0.3 is 0 Å². The molecule has 0 spiro atoms. The van der Waals surface area contributed by atoms with Gasteiger partial charge in [-0.15, -0.1) is 0 Å². The Balaban J connectivity index is 1.63. The van der Waals surface area contributed by atoms with Gasteiger partial charge in [-0.05, 0) is 35.2 Å². The summed E-state index contributed by atoms with van der Waals surface area (Å²) in [6, 6.07) is 26.5. The van der Waals surface area contributed by atoms with Gasteiger partial charge in [-0.3, -0.25) is 4.90 Å². The molecular weight excluding hydrogens is 397 g/mol. The molecule has 148 valence electrons. The highest BCUT2D eigenvalue weighted by Crippen LogP contribution is 2.21. The SMILES string of the molecule is Clc1ccc(CCN(CC=Cc2ccccc2)CC=Cc2ccccc2)c(Cl)c1. The lowest BCUT2D eigenvalue weighted by Crippen LogP contribution is -2.26. The first-order valence-corrected chi connectivity index (χ1v) is 10.6. The fourth-order valence-electron chi connectivity index (χ4n) is 3.06. The lowest BCUT2D eigenvalue weighted by Gasteiger charge is -2.19. The average molecular weight is 422 g/mol. The molecule has 1 nitrogen and oxygen atoms in total. The molecule has 0 aliphatic heterocycles. The molecule has 3 rings (SSSR count). The summed E-state index contributed by atoms with van der Waals surface area (Å²) in [5.41, 5.74) is 3.56. The van der Waals surface area contributed by atoms with Crippen LogP contribution in [0.1, 0.15) is 16.7 Å². The first-order valence-electron chi connectivity index (χ1n) is 9.80. The number of benzene rings is 3. The molecular formula is C26H25Cl2N. The summed E-state index contributed by atoms with van der Waals surface area (Å²) in [7, 11) is 0. The van der Waals surface area contributed by atoms with Gasteiger partial charge < -0.3 is 0 Å². The smallest absolute Gasteiger partial charge is 0.0453 e. The van der Waals surface area contributed by atoms with Crippen LogP contribution in [0.4, 0.5) is 0 Å². The maximum Gasteiger partial charge on any atom is 0.0453 e. The van der Waals surface area contributed by atoms with E-state index in [2.05, 4.69) is 77.7 Å². The van der Waals surface area contributed by atoms with E-state index in [4.69, 9.17) is 23.2 Å². The van der Waals surface area contributed by atoms with Crippen LogP contribution in [0.3, 0.4) is 0 Å². The van der Waals surface area contributed by atoms with Crippen LogP contribution in [-0.2, 0) is 6.42 Å². The average Bonchev–Trinajstić information content (AvgIpc) is 2.74. The molecule has 0 aliphatic carbocycles. The summed E-state index contributed by atoms with van der Waals surface area (Å²) in [5, 5.41) is 1.41. The summed E-state index contributed by atoms with van der Waals surface area (Å²) in [4.78, 5) is 2.41. The van der Waals surface area contributed by atoms with Gasteiger partial charge in [0, 0.05) is 29.7 Å². The molecule has 0 fully saturated rings. The first kappa shape index (κ1) is 21.4. The van der Waals surface area contributed by atoms with Gasteiger partial charge in [0.15, 0.2) is 0 Å². The summed E-state index contributed by atoms with van der Waals surface area (Å²) in [6.07, 6.45) is 9.66. The topological polar surface area (TPSA) is 3.24 Å². The molecule has 3 heteroatoms. The third-order valence-electron chi connectivity index (χ3n) is 4.66. The van der Waals surface area contributed by atoms with Crippen molar-refractivity contribution in [2.24, 2.45) is 0 Å². The first-order chi connectivity index (χ1) is 14.2. The van der Waals surface area contributed by atoms with Crippen LogP contribution in [0.2, 0.25) is 10.0 Å². The Morgan fingerprint density at radius 3 is 1.76 bits per heavy atom. The highest BCUT2D eigenvalue weighted by atomic mass is 35.5. The number of nitrogens with zero attached hydrogens (tertiary/aromatic N) is 1. The van der Waals surface area contributed by atoms with E-state index >= 15 is 0 Å². The monoisotopic (exact) mass is 421 g/mol. The maximum atomic E-state index is 6.35. The molecule has 0 heterocycles. The van der Waals surface area contributed by atoms with E-state index in [0.29, 0.717) is 5.02 Å². The second-order valence-corrected chi connectivity index (χ2v) is 7.72. The van der Waals surface area contributed by atoms with Crippen molar-refractivity contribution in [3.8, 4) is 0 Å². The van der Waals surface area contributed by atoms with Gasteiger partial charge in [-0.1, -0.05) is 114 Å². The molecule has 0 radical (unpaired) electrons. The lowest BCUT2D eigenvalue weighted by molar-refractivity contribution is 0.340. The van der Waals surface area contributed by atoms with Crippen LogP contribution in [-0.4, -0.2) is 24.5 Å². The van der Waals surface area contributed by atoms with Crippen LogP contribution in [0.25, 0.3) is 12.2 Å². The second kappa shape index (κ2) is 11.6. The van der Waals surface area contributed by atoms with Crippen LogP contribution >= 0.6 is 23.2 Å². The van der Waals surface area contributed by atoms with Crippen molar-refractivity contribution in [3.05, 3.63) is 118 Å². The van der Waals surface area contributed by atoms with E-state index in [0.717, 1.165) is 36.6 Å². The minimum Gasteiger partial charge on any atom is -0.296 e. The highest BCUT2D eigenvalue weighted by molar-refractivity contribution is 6.35. The van der Waals surface area contributed by atoms with E-state index in [1.54, 1.807) is 0 Å². The maximum absolute atomic E-state index is 6.35. The van der Waals surface area contributed by atoms with Gasteiger partial charge in [0.1, 0.15) is 0 Å². The minimum atomic E-state index is 0.673. The second-order valence-electron chi connectivity index (χ2n) is 6.87. The Morgan fingerprint density at radius 1 is 0.690 bits per heavy atom. The Hall–Kier alpha value is -2.32. The molecule has 3 aromatic carbocycles. The summed E-state index contributed by atoms with van der Waals surface area (Å²) in [6.45, 7) is 2.66. The van der Waals surface area contributed by atoms with Crippen molar-refractivity contribution in [2.75, 3.05) is 19.6 Å². The van der Waals surface area contributed by atoms with Crippen LogP contribution < -0.4 is 0 Å². The van der Waals surface area contributed by atoms with E-state index in [-0.39, 0.29) is 0 Å². The molecule has 0 unspecified atom stereocenters. The zero-order valence-corrected chi connectivity index (χ0v) is 17.9. The quantitative estimate of drug-likeness (QED) is 0.351. The molecule has 3 aromatic rings. The normalized spacial score (nSPS) is 11.7. The highest BCUT2D eigenvalue weighted by Gasteiger charge is 2.06. The number of rotatable bonds is 9. The number of hydrogen-bond acceptors (Lipinski definition) is 1. The van der Waals surface area contributed by atoms with E-state index in [9.17, 15) is 0 Å². The van der Waals surface area contributed by atoms with E-state index < -0.39 is 0 Å². The molecule has 0 aromatic heterocycles. The van der Waals surface area contributed by atoms with Crippen LogP contribution in [0.5, 0.6) is 0 Å². The molecule has 0 saturated heterocycles. The molecule has 29 heavy (non-hydrogen) atoms. The summed E-state index contributed by atoms with van der Waals surface area (Å²) < 4.78 is 0. The third kappa shape index (κ3) is 7.55. The van der Waals surface area contributed by atoms with Crippen molar-refractivity contribution in [1.82, 2.24) is 4.90 Å². The zero-order valence-electron chi connectivity index (χ0n) is 16.3. The van der Waals surface area contributed by atoms with Crippen molar-refractivity contribution < 1.29 is 0 Å². The lowest BCUT2D eigenvalue weighted by atomic mass is 10.1. The fourth-order valence-corrected chi connectivity index (χ4v) is 3.57. The van der Waals surface area contributed by atoms with Crippen molar-refractivity contribution in [3.63, 3.8) is 0 Å². The summed E-state index contributed by atoms with van der Waals surface area (Å²) >= 11 is 12.4. The predicted octanol–water partition coefficient (Wildman–Crippen LogP) is 7.26. The van der Waals surface area contributed by atoms with E-state index in [1.807, 2.05) is 30.3 Å². The number of halogens is 2. The van der Waals surface area contributed by atoms with Gasteiger partial charge in [-0.25, -0.2) is 0 Å². The van der Waals surface area contributed by atoms with Crippen molar-refractivity contribution in [1.29, 1.82) is 0 Å². The molecule has 0 N–H and O–H groups in total. The van der Waals surface area contributed by atoms with Gasteiger partial charge in [-0.2, -0.15) is 0 Å². The van der Waals surface area contributed by atoms with Crippen LogP contribution in [0, 0.1) is 0 Å². The Kier molecular flexibility index (Phi) is 8.58. The number of hydrogen-bond donors (Lipinski definition) is 0. The van der Waals surface area contributed by atoms with Gasteiger partial charge in [0.05, 0.1) is 0 Å². The van der Waals surface area contributed by atoms with Crippen molar-refractivity contribution >= 4 is 35.4 Å². The van der Waals surface area contributed by atoms with Crippen molar-refractivity contribution in [2.45, 2.75) is 6.42 Å². The molecule has 0 aliphatic rings. The predicted molar refractivity (Wildman–Crippen MR) is 128 cm³/mol. The zero-order chi connectivity index (χ0) is 20.3. The largest absolute Gasteiger partial charge is 0.296 e. The van der Waals surface area contributed by atoms with E-state index in [1.165, 1.54) is 11.1 Å². The summed E-state index contributed by atoms with van der Waals surface area (Å²) in [5.74, 6) is 0. The Morgan fingerprint density at radius 2 is 1.24 bits per heavy atom. The van der Waals surface area contributed by atoms with Gasteiger partial charge in [0.25, 0.3) is 0 Å². The fraction of sp³-hybridized carbons (Fsp3) is 0.154. The van der Waals surface area contributed by atoms with Gasteiger partial charge in [0.2, 0.25) is 0 Å². The molecule has 0 bridgehead atoms. The molecule has 0 amide bonds. The molecule has 0 atom stereocenters. The molecule has 0 saturated carbocycles. The standard InChI is InChI=1S/C26H25Cl2N/c27-25-16-15-24(26(28)21-25)17-20-29(18-7-13-22-9-3-1-4-10-22)19-8-14-23-11-5-2-6-12-23/h1-16,21H,17-20H2.